The SMILES string of the molecule is Cc1ccccc1[C@H](NC(=O)[C@H](C)N(c1cc(Cl)ccc1C)S(C)(=O)=O)c1ccccc1. The standard InChI is InChI=1S/C25H27ClN2O3S/c1-17-10-8-9-13-22(17)24(20-11-6-5-7-12-20)27-25(29)19(3)28(32(4,30)31)23-16-21(26)15-14-18(23)2/h5-16,19,24H,1-4H3,(H,27,29)/t19-,24+/m0/s1. The lowest BCUT2D eigenvalue weighted by Gasteiger charge is -2.31. The summed E-state index contributed by atoms with van der Waals surface area (Å²) >= 11 is 6.14. The van der Waals surface area contributed by atoms with Crippen molar-refractivity contribution < 1.29 is 13.2 Å². The smallest absolute Gasteiger partial charge is 0.244 e. The van der Waals surface area contributed by atoms with Gasteiger partial charge in [0, 0.05) is 5.02 Å². The second kappa shape index (κ2) is 9.76. The van der Waals surface area contributed by atoms with E-state index in [0.717, 1.165) is 27.3 Å². The number of aryl methyl sites for hydroxylation is 2. The molecule has 0 aliphatic rings. The first-order valence-electron chi connectivity index (χ1n) is 10.3. The quantitative estimate of drug-likeness (QED) is 0.527. The number of halogens is 1. The molecule has 0 aliphatic heterocycles. The molecule has 0 unspecified atom stereocenters. The molecule has 2 atom stereocenters. The number of carbonyl (C=O) groups excluding carboxylic acids is 1. The summed E-state index contributed by atoms with van der Waals surface area (Å²) in [5, 5.41) is 3.47. The van der Waals surface area contributed by atoms with Gasteiger partial charge in [0.05, 0.1) is 18.0 Å². The van der Waals surface area contributed by atoms with Gasteiger partial charge in [-0.25, -0.2) is 8.42 Å². The van der Waals surface area contributed by atoms with E-state index in [1.54, 1.807) is 32.0 Å². The fourth-order valence-electron chi connectivity index (χ4n) is 3.76. The summed E-state index contributed by atoms with van der Waals surface area (Å²) in [7, 11) is -3.76. The zero-order valence-electron chi connectivity index (χ0n) is 18.5. The highest BCUT2D eigenvalue weighted by atomic mass is 35.5. The van der Waals surface area contributed by atoms with E-state index < -0.39 is 28.0 Å². The molecule has 0 saturated heterocycles. The van der Waals surface area contributed by atoms with Crippen LogP contribution in [0.25, 0.3) is 0 Å². The molecule has 0 radical (unpaired) electrons. The number of rotatable bonds is 7. The van der Waals surface area contributed by atoms with E-state index in [1.165, 1.54) is 0 Å². The summed E-state index contributed by atoms with van der Waals surface area (Å²) in [4.78, 5) is 13.4. The van der Waals surface area contributed by atoms with Crippen LogP contribution in [0.5, 0.6) is 0 Å². The van der Waals surface area contributed by atoms with E-state index in [2.05, 4.69) is 5.32 Å². The number of nitrogens with one attached hydrogen (secondary N) is 1. The van der Waals surface area contributed by atoms with Gasteiger partial charge in [-0.2, -0.15) is 0 Å². The molecule has 0 fully saturated rings. The topological polar surface area (TPSA) is 66.5 Å². The first kappa shape index (κ1) is 23.8. The Bertz CT molecular complexity index is 1210. The third-order valence-corrected chi connectivity index (χ3v) is 6.88. The molecule has 0 saturated carbocycles. The third-order valence-electron chi connectivity index (χ3n) is 5.42. The van der Waals surface area contributed by atoms with Gasteiger partial charge in [0.1, 0.15) is 6.04 Å². The van der Waals surface area contributed by atoms with Crippen molar-refractivity contribution in [1.29, 1.82) is 0 Å². The van der Waals surface area contributed by atoms with Crippen LogP contribution in [0.1, 0.15) is 35.2 Å². The maximum atomic E-state index is 13.4. The highest BCUT2D eigenvalue weighted by molar-refractivity contribution is 7.92. The Kier molecular flexibility index (Phi) is 7.26. The zero-order chi connectivity index (χ0) is 23.5. The lowest BCUT2D eigenvalue weighted by atomic mass is 9.94. The van der Waals surface area contributed by atoms with Crippen LogP contribution < -0.4 is 9.62 Å². The minimum Gasteiger partial charge on any atom is -0.343 e. The minimum atomic E-state index is -3.76. The van der Waals surface area contributed by atoms with E-state index in [1.807, 2.05) is 61.5 Å². The van der Waals surface area contributed by atoms with Crippen molar-refractivity contribution in [2.45, 2.75) is 32.9 Å². The molecule has 32 heavy (non-hydrogen) atoms. The number of sulfonamides is 1. The fourth-order valence-corrected chi connectivity index (χ4v) is 5.15. The van der Waals surface area contributed by atoms with E-state index in [9.17, 15) is 13.2 Å². The van der Waals surface area contributed by atoms with Crippen LogP contribution in [0.15, 0.2) is 72.8 Å². The Labute approximate surface area is 195 Å². The molecule has 7 heteroatoms. The number of hydrogen-bond acceptors (Lipinski definition) is 3. The molecule has 3 aromatic rings. The van der Waals surface area contributed by atoms with Gasteiger partial charge in [-0.3, -0.25) is 9.10 Å². The number of benzene rings is 3. The summed E-state index contributed by atoms with van der Waals surface area (Å²) < 4.78 is 26.6. The van der Waals surface area contributed by atoms with Crippen molar-refractivity contribution in [2.24, 2.45) is 0 Å². The predicted molar refractivity (Wildman–Crippen MR) is 131 cm³/mol. The van der Waals surface area contributed by atoms with E-state index in [4.69, 9.17) is 11.6 Å². The molecular weight excluding hydrogens is 444 g/mol. The van der Waals surface area contributed by atoms with Crippen molar-refractivity contribution in [3.05, 3.63) is 100 Å². The van der Waals surface area contributed by atoms with E-state index >= 15 is 0 Å². The maximum absolute atomic E-state index is 13.4. The van der Waals surface area contributed by atoms with Gasteiger partial charge < -0.3 is 5.32 Å². The summed E-state index contributed by atoms with van der Waals surface area (Å²) in [5.74, 6) is -0.410. The van der Waals surface area contributed by atoms with Crippen LogP contribution in [-0.4, -0.2) is 26.6 Å². The number of anilines is 1. The van der Waals surface area contributed by atoms with E-state index in [-0.39, 0.29) is 0 Å². The van der Waals surface area contributed by atoms with Crippen LogP contribution in [0.4, 0.5) is 5.69 Å². The molecule has 0 spiro atoms. The van der Waals surface area contributed by atoms with Gasteiger partial charge in [-0.15, -0.1) is 0 Å². The molecule has 0 aliphatic carbocycles. The van der Waals surface area contributed by atoms with Gasteiger partial charge in [0.15, 0.2) is 0 Å². The van der Waals surface area contributed by atoms with Crippen molar-refractivity contribution in [3.8, 4) is 0 Å². The number of amides is 1. The monoisotopic (exact) mass is 470 g/mol. The van der Waals surface area contributed by atoms with Gasteiger partial charge in [-0.05, 0) is 55.2 Å². The van der Waals surface area contributed by atoms with Gasteiger partial charge in [0.25, 0.3) is 0 Å². The largest absolute Gasteiger partial charge is 0.343 e. The molecule has 0 bridgehead atoms. The number of hydrogen-bond donors (Lipinski definition) is 1. The normalized spacial score (nSPS) is 13.3. The number of nitrogens with zero attached hydrogens (tertiary/aromatic N) is 1. The van der Waals surface area contributed by atoms with Crippen molar-refractivity contribution >= 4 is 33.2 Å². The summed E-state index contributed by atoms with van der Waals surface area (Å²) in [6.07, 6.45) is 1.09. The summed E-state index contributed by atoms with van der Waals surface area (Å²) in [6, 6.07) is 21.0. The van der Waals surface area contributed by atoms with Crippen LogP contribution in [0, 0.1) is 13.8 Å². The third kappa shape index (κ3) is 5.31. The lowest BCUT2D eigenvalue weighted by Crippen LogP contribution is -2.49. The second-order valence-corrected chi connectivity index (χ2v) is 10.2. The Morgan fingerprint density at radius 3 is 2.19 bits per heavy atom. The lowest BCUT2D eigenvalue weighted by molar-refractivity contribution is -0.122. The molecule has 3 rings (SSSR count). The molecular formula is C25H27ClN2O3S. The average Bonchev–Trinajstić information content (AvgIpc) is 2.74. The molecule has 168 valence electrons. The Hall–Kier alpha value is -2.83. The molecule has 1 N–H and O–H groups in total. The average molecular weight is 471 g/mol. The summed E-state index contributed by atoms with van der Waals surface area (Å²) in [6.45, 7) is 5.35. The van der Waals surface area contributed by atoms with Crippen LogP contribution >= 0.6 is 11.6 Å². The maximum Gasteiger partial charge on any atom is 0.244 e. The highest BCUT2D eigenvalue weighted by Crippen LogP contribution is 2.29. The van der Waals surface area contributed by atoms with Gasteiger partial charge >= 0.3 is 0 Å². The minimum absolute atomic E-state index is 0.384. The Balaban J connectivity index is 2.01. The molecule has 5 nitrogen and oxygen atoms in total. The number of carbonyl (C=O) groups is 1. The summed E-state index contributed by atoms with van der Waals surface area (Å²) in [5.41, 5.74) is 3.98. The fraction of sp³-hybridized carbons (Fsp3) is 0.240. The van der Waals surface area contributed by atoms with E-state index in [0.29, 0.717) is 16.3 Å². The van der Waals surface area contributed by atoms with Crippen molar-refractivity contribution in [3.63, 3.8) is 0 Å². The highest BCUT2D eigenvalue weighted by Gasteiger charge is 2.32. The first-order chi connectivity index (χ1) is 15.1. The second-order valence-electron chi connectivity index (χ2n) is 7.87. The predicted octanol–water partition coefficient (Wildman–Crippen LogP) is 5.02. The Morgan fingerprint density at radius 2 is 1.56 bits per heavy atom. The molecule has 3 aromatic carbocycles. The van der Waals surface area contributed by atoms with Crippen LogP contribution in [0.2, 0.25) is 5.02 Å². The van der Waals surface area contributed by atoms with Gasteiger partial charge in [-0.1, -0.05) is 72.3 Å². The van der Waals surface area contributed by atoms with Gasteiger partial charge in [0.2, 0.25) is 15.9 Å². The zero-order valence-corrected chi connectivity index (χ0v) is 20.1. The molecule has 1 amide bonds. The van der Waals surface area contributed by atoms with Crippen molar-refractivity contribution in [2.75, 3.05) is 10.6 Å². The Morgan fingerprint density at radius 1 is 0.938 bits per heavy atom. The van der Waals surface area contributed by atoms with Crippen LogP contribution in [-0.2, 0) is 14.8 Å². The van der Waals surface area contributed by atoms with Crippen molar-refractivity contribution in [1.82, 2.24) is 5.32 Å². The molecule has 0 heterocycles. The first-order valence-corrected chi connectivity index (χ1v) is 12.5. The van der Waals surface area contributed by atoms with Crippen LogP contribution in [0.3, 0.4) is 0 Å². The molecule has 0 aromatic heterocycles.